The molecule has 11 aliphatic rings. The molecule has 824 valence electrons. The topological polar surface area (TPSA) is 944 Å². The van der Waals surface area contributed by atoms with Crippen LogP contribution in [0.4, 0.5) is 0 Å². The summed E-state index contributed by atoms with van der Waals surface area (Å²) in [5, 5.41) is 321. The number of amides is 7. The van der Waals surface area contributed by atoms with Crippen molar-refractivity contribution in [1.82, 2.24) is 37.2 Å². The molecule has 11 heterocycles. The van der Waals surface area contributed by atoms with Crippen LogP contribution in [0, 0.1) is 0 Å². The quantitative estimate of drug-likeness (QED) is 0.0273. The molecule has 11 fully saturated rings. The van der Waals surface area contributed by atoms with Gasteiger partial charge in [-0.2, -0.15) is 0 Å². The Hall–Kier alpha value is -5.63. The summed E-state index contributed by atoms with van der Waals surface area (Å²) in [5.41, 5.74) is 0. The predicted octanol–water partition coefficient (Wildman–Crippen LogP) is -22.9. The SMILES string of the molecule is CC(=O)NC1[C@H](O[C@@H]2C(O)[C@H](O[C@@H]3C(CO)O[C@@H](O[C@@H]4C(O)[C@H](O[C@@H]5C(CO)O[C@@H](OCC6O[C@@H](C)C(NC(C)=O)[C@@H](O[C@@H]7OC(CO)[C@@H](O[C@@H]8OC(CO)[C@H](O)[C@H](O[C@@H]9OC(CO)[C@@H](O[C@@H]%10OC(CO)[C@H](O)[C@H](O[C@@H]%11OC(CO)[C@@H](O)[C@H](O)C%11NC(C)=O)C%10O)[C@H](O)C9NC(C)=O)C8O)[C@H](O)C7NC(C)=O)[C@H]6O)C(NC(C)=O)[C@H]5O)OC(CO)[C@@H]4O)C(NC(C)=O)[C@H]3O)OC(CO)[C@@H]2O)OC(CO)[C@@H](O)[C@@H]1O. The van der Waals surface area contributed by atoms with Gasteiger partial charge in [-0.25, -0.2) is 0 Å². The first-order chi connectivity index (χ1) is 67.7. The highest BCUT2D eigenvalue weighted by atomic mass is 16.8. The van der Waals surface area contributed by atoms with Crippen molar-refractivity contribution in [3.8, 4) is 0 Å². The third-order valence-electron chi connectivity index (χ3n) is 26.1. The van der Waals surface area contributed by atoms with E-state index in [0.717, 1.165) is 48.5 Å². The monoisotopic (exact) mass is 2090 g/mol. The van der Waals surface area contributed by atoms with Gasteiger partial charge in [-0.05, 0) is 6.92 Å². The van der Waals surface area contributed by atoms with Crippen LogP contribution < -0.4 is 37.2 Å². The molecule has 0 saturated carbocycles. The average Bonchev–Trinajstić information content (AvgIpc) is 0.763. The molecule has 22 unspecified atom stereocenters. The highest BCUT2D eigenvalue weighted by molar-refractivity contribution is 5.75. The number of carbonyl (C=O) groups excluding carboxylic acids is 7. The highest BCUT2D eigenvalue weighted by Crippen LogP contribution is 2.42. The van der Waals surface area contributed by atoms with Crippen LogP contribution in [-0.2, 0) is 133 Å². The van der Waals surface area contributed by atoms with Gasteiger partial charge in [0.15, 0.2) is 62.9 Å². The summed E-state index contributed by atoms with van der Waals surface area (Å²) in [7, 11) is 0. The maximum absolute atomic E-state index is 13.2. The van der Waals surface area contributed by atoms with E-state index in [1.807, 2.05) is 0 Å². The number of nitrogens with one attached hydrogen (secondary N) is 7. The van der Waals surface area contributed by atoms with E-state index in [1.165, 1.54) is 6.92 Å². The number of hydrogen-bond acceptors (Lipinski definition) is 55. The van der Waals surface area contributed by atoms with Gasteiger partial charge in [0.1, 0.15) is 262 Å². The molecular formula is C81H135N7O55. The molecule has 0 radical (unpaired) electrons. The maximum Gasteiger partial charge on any atom is 0.217 e. The second-order valence-corrected chi connectivity index (χ2v) is 36.3. The number of aliphatic hydroxyl groups excluding tert-OH is 27. The lowest BCUT2D eigenvalue weighted by molar-refractivity contribution is -0.384. The van der Waals surface area contributed by atoms with Gasteiger partial charge >= 0.3 is 0 Å². The van der Waals surface area contributed by atoms with Gasteiger partial charge in [-0.15, -0.1) is 0 Å². The lowest BCUT2D eigenvalue weighted by Gasteiger charge is -2.51. The van der Waals surface area contributed by atoms with E-state index in [2.05, 4.69) is 37.2 Å². The minimum absolute atomic E-state index is 0.769. The molecule has 11 rings (SSSR count). The fourth-order valence-electron chi connectivity index (χ4n) is 18.9. The van der Waals surface area contributed by atoms with E-state index in [1.54, 1.807) is 0 Å². The molecule has 55 atom stereocenters. The van der Waals surface area contributed by atoms with Crippen LogP contribution in [0.3, 0.4) is 0 Å². The number of hydrogen-bond donors (Lipinski definition) is 34. The first kappa shape index (κ1) is 118. The van der Waals surface area contributed by atoms with Gasteiger partial charge in [-0.3, -0.25) is 33.6 Å². The molecule has 62 heteroatoms. The summed E-state index contributed by atoms with van der Waals surface area (Å²) in [6, 6.07) is -12.3. The van der Waals surface area contributed by atoms with Gasteiger partial charge in [0.25, 0.3) is 0 Å². The molecule has 0 aromatic carbocycles. The van der Waals surface area contributed by atoms with Crippen molar-refractivity contribution in [2.24, 2.45) is 0 Å². The first-order valence-electron chi connectivity index (χ1n) is 45.9. The lowest BCUT2D eigenvalue weighted by atomic mass is 9.92. The summed E-state index contributed by atoms with van der Waals surface area (Å²) in [6.45, 7) is -3.34. The lowest BCUT2D eigenvalue weighted by Crippen LogP contribution is -2.71. The second kappa shape index (κ2) is 51.9. The van der Waals surface area contributed by atoms with Crippen LogP contribution in [0.2, 0.25) is 0 Å². The Balaban J connectivity index is 0.759. The Morgan fingerprint density at radius 2 is 0.364 bits per heavy atom. The fourth-order valence-corrected chi connectivity index (χ4v) is 18.9. The number of rotatable bonds is 38. The minimum Gasteiger partial charge on any atom is -0.394 e. The summed E-state index contributed by atoms with van der Waals surface area (Å²) in [6.07, 6.45) is -95.2. The van der Waals surface area contributed by atoms with Crippen LogP contribution in [0.15, 0.2) is 0 Å². The second-order valence-electron chi connectivity index (χ2n) is 36.3. The zero-order valence-electron chi connectivity index (χ0n) is 78.0. The Morgan fingerprint density at radius 3 is 0.594 bits per heavy atom. The summed E-state index contributed by atoms with van der Waals surface area (Å²) < 4.78 is 125. The first-order valence-corrected chi connectivity index (χ1v) is 45.9. The van der Waals surface area contributed by atoms with Gasteiger partial charge in [-0.1, -0.05) is 0 Å². The number of carbonyl (C=O) groups is 7. The Morgan fingerprint density at radius 1 is 0.189 bits per heavy atom. The van der Waals surface area contributed by atoms with E-state index in [4.69, 9.17) is 99.5 Å². The van der Waals surface area contributed by atoms with Crippen LogP contribution in [0.5, 0.6) is 0 Å². The fraction of sp³-hybridized carbons (Fsp3) is 0.914. The molecule has 0 aromatic rings. The Labute approximate surface area is 812 Å². The molecule has 62 nitrogen and oxygen atoms in total. The normalized spacial score (nSPS) is 47.3. The maximum atomic E-state index is 13.2. The molecule has 11 saturated heterocycles. The highest BCUT2D eigenvalue weighted by Gasteiger charge is 2.63. The van der Waals surface area contributed by atoms with Crippen LogP contribution in [0.1, 0.15) is 55.4 Å². The smallest absolute Gasteiger partial charge is 0.217 e. The van der Waals surface area contributed by atoms with Crippen molar-refractivity contribution in [2.75, 3.05) is 72.7 Å². The summed E-state index contributed by atoms with van der Waals surface area (Å²) in [5.74, 6) is -6.06. The van der Waals surface area contributed by atoms with E-state index >= 15 is 0 Å². The number of ether oxygens (including phenoxy) is 21. The molecule has 0 spiro atoms. The van der Waals surface area contributed by atoms with Crippen molar-refractivity contribution in [1.29, 1.82) is 0 Å². The third kappa shape index (κ3) is 26.8. The molecule has 34 N–H and O–H groups in total. The zero-order valence-corrected chi connectivity index (χ0v) is 78.0. The van der Waals surface area contributed by atoms with Crippen molar-refractivity contribution in [3.05, 3.63) is 0 Å². The van der Waals surface area contributed by atoms with Gasteiger partial charge in [0.2, 0.25) is 41.4 Å². The van der Waals surface area contributed by atoms with Gasteiger partial charge in [0, 0.05) is 48.5 Å². The summed E-state index contributed by atoms with van der Waals surface area (Å²) >= 11 is 0. The standard InChI is InChI=1S/C81H135N7O55/c1-20-39(82-21(2)99)67(139-75-43(86-25(6)103)56(116)64(35(16-96)132-75)136-81-62(122)71(51(111)33(14-94)130-81)143-77-45(88-27(8)105)58(118)66(37(18-98)134-77)138-80-60(120)69(49(109)31(12-92)129-80)141-74-41(84-23(4)101)54(114)47(107)29(10-90)126-74)52(112)38(124-20)19-123-72-42(85-24(5)102)55(115)63(34(15-95)131-72)135-78-61(121)70(50(110)32(13-93)127-78)142-76-44(87-26(7)104)57(117)65(36(17-97)133-76)137-79-59(119)68(48(108)30(11-91)128-79)140-73-40(83-22(3)100)53(113)46(106)28(9-89)125-73/h20,28-81,89-98,106-122H,9-19H2,1-8H3,(H,82,99)(H,83,100)(H,84,101)(H,85,102)(H,86,103)(H,87,104)(H,88,105)/t20-,28?,29?,30?,31?,32?,33?,34?,35?,36?,37?,38?,39?,40?,41?,42?,43?,44?,45?,46+,47+,48-,49-,50-,51-,52-,53+,54+,55+,56+,57+,58+,59?,60?,61?,62?,63+,64+,65+,66+,67+,68-,69-,70-,71-,72+,73-,74-,75-,76-,77-,78-,79-,80-,81-/m0/s1. The predicted molar refractivity (Wildman–Crippen MR) is 447 cm³/mol. The van der Waals surface area contributed by atoms with Crippen LogP contribution in [-0.4, -0.2) is 589 Å². The third-order valence-corrected chi connectivity index (χ3v) is 26.1. The largest absolute Gasteiger partial charge is 0.394 e. The molecular weight excluding hydrogens is 1950 g/mol. The van der Waals surface area contributed by atoms with Gasteiger partial charge < -0.3 is 275 Å². The Bertz CT molecular complexity index is 4050. The average molecular weight is 2090 g/mol. The van der Waals surface area contributed by atoms with Crippen LogP contribution >= 0.6 is 0 Å². The van der Waals surface area contributed by atoms with E-state index in [-0.39, 0.29) is 0 Å². The van der Waals surface area contributed by atoms with Crippen molar-refractivity contribution in [2.45, 2.75) is 393 Å². The zero-order chi connectivity index (χ0) is 105. The molecule has 0 bridgehead atoms. The Kier molecular flexibility index (Phi) is 42.7. The van der Waals surface area contributed by atoms with E-state index in [0.29, 0.717) is 0 Å². The molecule has 0 aliphatic carbocycles. The molecule has 143 heavy (non-hydrogen) atoms. The van der Waals surface area contributed by atoms with Crippen molar-refractivity contribution < 1.29 is 271 Å². The van der Waals surface area contributed by atoms with E-state index in [9.17, 15) is 171 Å². The molecule has 11 aliphatic heterocycles. The van der Waals surface area contributed by atoms with Gasteiger partial charge in [0.05, 0.1) is 84.8 Å². The summed E-state index contributed by atoms with van der Waals surface area (Å²) in [4.78, 5) is 89.8. The molecule has 7 amide bonds. The minimum atomic E-state index is -2.37. The van der Waals surface area contributed by atoms with Crippen molar-refractivity contribution in [3.63, 3.8) is 0 Å². The number of aliphatic hydroxyl groups is 27. The molecule has 0 aromatic heterocycles. The van der Waals surface area contributed by atoms with Crippen LogP contribution in [0.25, 0.3) is 0 Å². The van der Waals surface area contributed by atoms with Crippen molar-refractivity contribution >= 4 is 41.4 Å². The van der Waals surface area contributed by atoms with E-state index < -0.39 is 451 Å².